The molecule has 1 aromatic carbocycles. The molecule has 1 aromatic rings. The van der Waals surface area contributed by atoms with Crippen molar-refractivity contribution in [2.75, 3.05) is 33.2 Å². The zero-order valence-corrected chi connectivity index (χ0v) is 19.1. The highest BCUT2D eigenvalue weighted by Gasteiger charge is 2.41. The van der Waals surface area contributed by atoms with Crippen molar-refractivity contribution in [3.05, 3.63) is 69.6 Å². The van der Waals surface area contributed by atoms with Gasteiger partial charge in [0, 0.05) is 49.7 Å². The minimum absolute atomic E-state index is 0.00384. The molecule has 0 bridgehead atoms. The van der Waals surface area contributed by atoms with Crippen LogP contribution in [-0.2, 0) is 0 Å². The van der Waals surface area contributed by atoms with E-state index < -0.39 is 28.6 Å². The van der Waals surface area contributed by atoms with Gasteiger partial charge in [-0.1, -0.05) is 6.08 Å². The number of nitrogens with one attached hydrogen (secondary N) is 1. The number of carbonyl (C=O) groups excluding carboxylic acids is 1. The van der Waals surface area contributed by atoms with E-state index in [1.807, 2.05) is 11.9 Å². The van der Waals surface area contributed by atoms with Crippen molar-refractivity contribution >= 4 is 11.6 Å². The van der Waals surface area contributed by atoms with Gasteiger partial charge in [0.25, 0.3) is 5.91 Å². The number of amides is 1. The van der Waals surface area contributed by atoms with E-state index in [1.54, 1.807) is 13.8 Å². The third-order valence-electron chi connectivity index (χ3n) is 5.42. The molecule has 34 heavy (non-hydrogen) atoms. The first-order valence-corrected chi connectivity index (χ1v) is 10.8. The Hall–Kier alpha value is -3.34. The number of allylic oxidation sites excluding steroid dienone is 4. The number of nitrogens with zero attached hydrogens (tertiary/aromatic N) is 3. The molecule has 11 heteroatoms. The number of nitro groups is 1. The van der Waals surface area contributed by atoms with Crippen molar-refractivity contribution < 1.29 is 27.6 Å². The Morgan fingerprint density at radius 3 is 2.50 bits per heavy atom. The number of carbonyl (C=O) groups is 1. The van der Waals surface area contributed by atoms with Gasteiger partial charge in [-0.15, -0.1) is 0 Å². The van der Waals surface area contributed by atoms with Crippen molar-refractivity contribution in [1.82, 2.24) is 15.1 Å². The van der Waals surface area contributed by atoms with Crippen LogP contribution in [0.15, 0.2) is 53.9 Å². The van der Waals surface area contributed by atoms with E-state index in [1.165, 1.54) is 30.5 Å². The molecule has 1 aliphatic heterocycles. The Morgan fingerprint density at radius 2 is 1.91 bits per heavy atom. The van der Waals surface area contributed by atoms with Gasteiger partial charge in [0.05, 0.1) is 11.0 Å². The van der Waals surface area contributed by atoms with Crippen LogP contribution in [0.4, 0.5) is 18.9 Å². The third-order valence-corrected chi connectivity index (χ3v) is 5.42. The summed E-state index contributed by atoms with van der Waals surface area (Å²) in [6.45, 7) is 6.18. The van der Waals surface area contributed by atoms with Crippen LogP contribution in [-0.4, -0.2) is 66.1 Å². The molecule has 2 aliphatic rings. The average Bonchev–Trinajstić information content (AvgIpc) is 2.75. The summed E-state index contributed by atoms with van der Waals surface area (Å²) in [4.78, 5) is 27.3. The summed E-state index contributed by atoms with van der Waals surface area (Å²) >= 11 is 0. The molecular weight excluding hydrogens is 453 g/mol. The monoisotopic (exact) mass is 480 g/mol. The van der Waals surface area contributed by atoms with Crippen molar-refractivity contribution in [3.63, 3.8) is 0 Å². The second kappa shape index (κ2) is 10.3. The molecule has 1 N–H and O–H groups in total. The standard InChI is InChI=1S/C23H27F3N4O4/c1-15(2)34-21-7-5-16(12-20(21)30(32)33)22(31)27-18-6-4-17(19(13-18)23(24,25)26)14-29-10-8-28(3)9-11-29/h4-7,12-15,19H,8-11H2,1-3H3,(H,27,31). The molecule has 1 atom stereocenters. The van der Waals surface area contributed by atoms with Gasteiger partial charge in [-0.05, 0) is 50.8 Å². The van der Waals surface area contributed by atoms with Gasteiger partial charge >= 0.3 is 11.9 Å². The fraction of sp³-hybridized carbons (Fsp3) is 0.435. The average molecular weight is 480 g/mol. The molecule has 0 radical (unpaired) electrons. The molecule has 1 fully saturated rings. The molecule has 0 saturated carbocycles. The zero-order chi connectivity index (χ0) is 25.0. The lowest BCUT2D eigenvalue weighted by Gasteiger charge is -2.33. The lowest BCUT2D eigenvalue weighted by Crippen LogP contribution is -2.42. The predicted molar refractivity (Wildman–Crippen MR) is 120 cm³/mol. The van der Waals surface area contributed by atoms with Crippen molar-refractivity contribution in [2.45, 2.75) is 26.1 Å². The summed E-state index contributed by atoms with van der Waals surface area (Å²) < 4.78 is 46.7. The number of rotatable bonds is 6. The minimum Gasteiger partial charge on any atom is -0.484 e. The Kier molecular flexibility index (Phi) is 7.65. The number of benzene rings is 1. The summed E-state index contributed by atoms with van der Waals surface area (Å²) in [5.74, 6) is -2.64. The Bertz CT molecular complexity index is 1030. The van der Waals surface area contributed by atoms with Crippen molar-refractivity contribution in [2.24, 2.45) is 5.92 Å². The highest BCUT2D eigenvalue weighted by atomic mass is 19.4. The van der Waals surface area contributed by atoms with Crippen LogP contribution in [0.25, 0.3) is 0 Å². The van der Waals surface area contributed by atoms with Gasteiger partial charge in [0.2, 0.25) is 0 Å². The zero-order valence-electron chi connectivity index (χ0n) is 19.1. The largest absolute Gasteiger partial charge is 0.484 e. The van der Waals surface area contributed by atoms with Crippen LogP contribution in [0.3, 0.4) is 0 Å². The number of ether oxygens (including phenoxy) is 1. The fourth-order valence-electron chi connectivity index (χ4n) is 3.63. The first-order valence-electron chi connectivity index (χ1n) is 10.8. The Balaban J connectivity index is 1.79. The van der Waals surface area contributed by atoms with E-state index in [9.17, 15) is 28.1 Å². The summed E-state index contributed by atoms with van der Waals surface area (Å²) in [6, 6.07) is 3.67. The predicted octanol–water partition coefficient (Wildman–Crippen LogP) is 3.88. The van der Waals surface area contributed by atoms with Crippen LogP contribution in [0, 0.1) is 16.0 Å². The van der Waals surface area contributed by atoms with Crippen molar-refractivity contribution in [1.29, 1.82) is 0 Å². The molecule has 1 unspecified atom stereocenters. The van der Waals surface area contributed by atoms with E-state index in [0.717, 1.165) is 25.2 Å². The third kappa shape index (κ3) is 6.37. The smallest absolute Gasteiger partial charge is 0.399 e. The summed E-state index contributed by atoms with van der Waals surface area (Å²) in [5.41, 5.74) is -0.423. The first-order chi connectivity index (χ1) is 15.9. The maximum atomic E-state index is 13.8. The number of halogens is 3. The quantitative estimate of drug-likeness (QED) is 0.491. The van der Waals surface area contributed by atoms with Gasteiger partial charge in [-0.2, -0.15) is 13.2 Å². The van der Waals surface area contributed by atoms with Crippen LogP contribution in [0.5, 0.6) is 5.75 Å². The maximum absolute atomic E-state index is 13.8. The Labute approximate surface area is 195 Å². The number of hydrogen-bond donors (Lipinski definition) is 1. The highest BCUT2D eigenvalue weighted by molar-refractivity contribution is 5.96. The summed E-state index contributed by atoms with van der Waals surface area (Å²) in [7, 11) is 1.96. The second-order valence-electron chi connectivity index (χ2n) is 8.50. The Morgan fingerprint density at radius 1 is 1.24 bits per heavy atom. The molecule has 0 aromatic heterocycles. The lowest BCUT2D eigenvalue weighted by atomic mass is 9.92. The van der Waals surface area contributed by atoms with Gasteiger partial charge in [0.15, 0.2) is 5.75 Å². The molecule has 1 amide bonds. The van der Waals surface area contributed by atoms with Crippen molar-refractivity contribution in [3.8, 4) is 5.75 Å². The minimum atomic E-state index is -4.55. The SMILES string of the molecule is CC(C)Oc1ccc(C(=O)NC2=CC(C(F)(F)F)C(=CN3CCN(C)CC3)C=C2)cc1[N+](=O)[O-]. The van der Waals surface area contributed by atoms with E-state index in [2.05, 4.69) is 10.2 Å². The number of piperazine rings is 1. The van der Waals surface area contributed by atoms with E-state index in [0.29, 0.717) is 13.1 Å². The normalized spacial score (nSPS) is 20.4. The molecule has 1 saturated heterocycles. The van der Waals surface area contributed by atoms with Gasteiger partial charge in [-0.3, -0.25) is 14.9 Å². The summed E-state index contributed by atoms with van der Waals surface area (Å²) in [6.07, 6.45) is 0.343. The van der Waals surface area contributed by atoms with Gasteiger partial charge in [-0.25, -0.2) is 0 Å². The molecule has 1 aliphatic carbocycles. The number of likely N-dealkylation sites (N-methyl/N-ethyl adjacent to an activating group) is 1. The molecule has 184 valence electrons. The van der Waals surface area contributed by atoms with E-state index in [4.69, 9.17) is 4.74 Å². The maximum Gasteiger partial charge on any atom is 0.399 e. The molecule has 3 rings (SSSR count). The van der Waals surface area contributed by atoms with Gasteiger partial charge < -0.3 is 19.9 Å². The van der Waals surface area contributed by atoms with Crippen LogP contribution in [0.2, 0.25) is 0 Å². The fourth-order valence-corrected chi connectivity index (χ4v) is 3.63. The van der Waals surface area contributed by atoms with Crippen LogP contribution in [0.1, 0.15) is 24.2 Å². The van der Waals surface area contributed by atoms with Gasteiger partial charge in [0.1, 0.15) is 5.92 Å². The van der Waals surface area contributed by atoms with E-state index in [-0.39, 0.29) is 28.7 Å². The molecular formula is C23H27F3N4O4. The number of hydrogen-bond acceptors (Lipinski definition) is 6. The number of alkyl halides is 3. The number of nitro benzene ring substituents is 1. The topological polar surface area (TPSA) is 88.0 Å². The first kappa shape index (κ1) is 25.3. The molecule has 8 nitrogen and oxygen atoms in total. The lowest BCUT2D eigenvalue weighted by molar-refractivity contribution is -0.386. The highest BCUT2D eigenvalue weighted by Crippen LogP contribution is 2.37. The summed E-state index contributed by atoms with van der Waals surface area (Å²) in [5, 5.41) is 13.8. The second-order valence-corrected chi connectivity index (χ2v) is 8.50. The molecule has 0 spiro atoms. The van der Waals surface area contributed by atoms with Crippen LogP contribution >= 0.6 is 0 Å². The van der Waals surface area contributed by atoms with Crippen LogP contribution < -0.4 is 10.1 Å². The van der Waals surface area contributed by atoms with E-state index >= 15 is 0 Å². The molecule has 1 heterocycles.